The van der Waals surface area contributed by atoms with Crippen LogP contribution in [0.2, 0.25) is 0 Å². The van der Waals surface area contributed by atoms with Gasteiger partial charge < -0.3 is 11.1 Å². The van der Waals surface area contributed by atoms with Crippen LogP contribution in [0.3, 0.4) is 0 Å². The fourth-order valence-electron chi connectivity index (χ4n) is 2.01. The lowest BCUT2D eigenvalue weighted by Crippen LogP contribution is -2.31. The van der Waals surface area contributed by atoms with Crippen LogP contribution in [-0.4, -0.2) is 21.7 Å². The summed E-state index contributed by atoms with van der Waals surface area (Å²) in [6.45, 7) is 4.67. The number of rotatable bonds is 7. The van der Waals surface area contributed by atoms with Crippen LogP contribution in [0.5, 0.6) is 0 Å². The van der Waals surface area contributed by atoms with Gasteiger partial charge in [-0.3, -0.25) is 9.48 Å². The van der Waals surface area contributed by atoms with Gasteiger partial charge in [0.05, 0.1) is 5.69 Å². The van der Waals surface area contributed by atoms with Gasteiger partial charge in [0.25, 0.3) is 0 Å². The van der Waals surface area contributed by atoms with Crippen molar-refractivity contribution in [1.29, 1.82) is 0 Å². The normalized spacial score (nSPS) is 12.4. The molecule has 0 aromatic carbocycles. The van der Waals surface area contributed by atoms with Gasteiger partial charge in [-0.05, 0) is 12.8 Å². The lowest BCUT2D eigenvalue weighted by atomic mass is 10.1. The number of nitrogens with zero attached hydrogens (tertiary/aromatic N) is 2. The fourth-order valence-corrected chi connectivity index (χ4v) is 2.01. The molecule has 1 aromatic heterocycles. The van der Waals surface area contributed by atoms with Crippen molar-refractivity contribution in [2.24, 2.45) is 12.8 Å². The monoisotopic (exact) mass is 252 g/mol. The first-order valence-corrected chi connectivity index (χ1v) is 6.60. The standard InChI is InChI=1S/C13H24N4O/c1-4-6-11(14)7-13(18)15-8-10-9-17(3)16-12(10)5-2/h9,11H,4-8,14H2,1-3H3,(H,15,18). The van der Waals surface area contributed by atoms with Crippen LogP contribution in [0.25, 0.3) is 0 Å². The maximum Gasteiger partial charge on any atom is 0.221 e. The van der Waals surface area contributed by atoms with Gasteiger partial charge in [-0.15, -0.1) is 0 Å². The first-order chi connectivity index (χ1) is 8.56. The predicted molar refractivity (Wildman–Crippen MR) is 71.9 cm³/mol. The van der Waals surface area contributed by atoms with E-state index < -0.39 is 0 Å². The number of hydrogen-bond acceptors (Lipinski definition) is 3. The molecule has 0 saturated heterocycles. The molecule has 0 aliphatic heterocycles. The van der Waals surface area contributed by atoms with Gasteiger partial charge >= 0.3 is 0 Å². The molecule has 1 aromatic rings. The van der Waals surface area contributed by atoms with Crippen LogP contribution >= 0.6 is 0 Å². The molecule has 0 aliphatic rings. The molecule has 1 heterocycles. The average Bonchev–Trinajstić information content (AvgIpc) is 2.67. The molecule has 0 fully saturated rings. The van der Waals surface area contributed by atoms with Crippen LogP contribution in [-0.2, 0) is 24.8 Å². The number of carbonyl (C=O) groups excluding carboxylic acids is 1. The Balaban J connectivity index is 2.42. The Labute approximate surface area is 109 Å². The van der Waals surface area contributed by atoms with Crippen molar-refractivity contribution < 1.29 is 4.79 Å². The average molecular weight is 252 g/mol. The van der Waals surface area contributed by atoms with E-state index in [0.29, 0.717) is 13.0 Å². The highest BCUT2D eigenvalue weighted by molar-refractivity contribution is 5.76. The van der Waals surface area contributed by atoms with Gasteiger partial charge in [0.1, 0.15) is 0 Å². The molecular formula is C13H24N4O. The molecule has 1 amide bonds. The van der Waals surface area contributed by atoms with E-state index >= 15 is 0 Å². The lowest BCUT2D eigenvalue weighted by molar-refractivity contribution is -0.121. The van der Waals surface area contributed by atoms with Crippen LogP contribution in [0, 0.1) is 0 Å². The van der Waals surface area contributed by atoms with Gasteiger partial charge in [0.2, 0.25) is 5.91 Å². The molecular weight excluding hydrogens is 228 g/mol. The van der Waals surface area contributed by atoms with Crippen molar-refractivity contribution in [3.8, 4) is 0 Å². The largest absolute Gasteiger partial charge is 0.352 e. The number of nitrogens with two attached hydrogens (primary N) is 1. The van der Waals surface area contributed by atoms with Crippen molar-refractivity contribution in [3.63, 3.8) is 0 Å². The second-order valence-corrected chi connectivity index (χ2v) is 4.66. The highest BCUT2D eigenvalue weighted by Crippen LogP contribution is 2.07. The molecule has 3 N–H and O–H groups in total. The number of aromatic nitrogens is 2. The molecule has 0 radical (unpaired) electrons. The zero-order valence-electron chi connectivity index (χ0n) is 11.6. The number of aryl methyl sites for hydroxylation is 2. The van der Waals surface area contributed by atoms with Crippen LogP contribution in [0.1, 0.15) is 44.4 Å². The Bertz CT molecular complexity index is 386. The zero-order valence-corrected chi connectivity index (χ0v) is 11.6. The van der Waals surface area contributed by atoms with E-state index in [9.17, 15) is 4.79 Å². The van der Waals surface area contributed by atoms with E-state index in [1.54, 1.807) is 4.68 Å². The molecule has 0 aliphatic carbocycles. The molecule has 102 valence electrons. The van der Waals surface area contributed by atoms with E-state index in [1.807, 2.05) is 13.2 Å². The number of nitrogens with one attached hydrogen (secondary N) is 1. The summed E-state index contributed by atoms with van der Waals surface area (Å²) in [7, 11) is 1.89. The molecule has 0 saturated carbocycles. The lowest BCUT2D eigenvalue weighted by Gasteiger charge is -2.10. The topological polar surface area (TPSA) is 72.9 Å². The third kappa shape index (κ3) is 4.49. The summed E-state index contributed by atoms with van der Waals surface area (Å²) in [6.07, 6.45) is 5.12. The van der Waals surface area contributed by atoms with E-state index in [4.69, 9.17) is 5.73 Å². The Hall–Kier alpha value is -1.36. The predicted octanol–water partition coefficient (Wildman–Crippen LogP) is 1.12. The van der Waals surface area contributed by atoms with Crippen molar-refractivity contribution >= 4 is 5.91 Å². The molecule has 1 unspecified atom stereocenters. The molecule has 1 atom stereocenters. The molecule has 5 nitrogen and oxygen atoms in total. The van der Waals surface area contributed by atoms with E-state index in [1.165, 1.54) is 0 Å². The maximum atomic E-state index is 11.7. The molecule has 0 spiro atoms. The first kappa shape index (κ1) is 14.7. The van der Waals surface area contributed by atoms with E-state index in [-0.39, 0.29) is 11.9 Å². The second kappa shape index (κ2) is 7.16. The number of amides is 1. The SMILES string of the molecule is CCCC(N)CC(=O)NCc1cn(C)nc1CC. The summed E-state index contributed by atoms with van der Waals surface area (Å²) < 4.78 is 1.78. The van der Waals surface area contributed by atoms with Crippen molar-refractivity contribution in [2.45, 2.75) is 52.1 Å². The molecule has 5 heteroatoms. The highest BCUT2D eigenvalue weighted by Gasteiger charge is 2.10. The Morgan fingerprint density at radius 3 is 2.89 bits per heavy atom. The smallest absolute Gasteiger partial charge is 0.221 e. The highest BCUT2D eigenvalue weighted by atomic mass is 16.1. The van der Waals surface area contributed by atoms with Crippen LogP contribution in [0.15, 0.2) is 6.20 Å². The third-order valence-corrected chi connectivity index (χ3v) is 2.91. The van der Waals surface area contributed by atoms with Gasteiger partial charge in [-0.2, -0.15) is 5.10 Å². The third-order valence-electron chi connectivity index (χ3n) is 2.91. The van der Waals surface area contributed by atoms with Gasteiger partial charge in [-0.25, -0.2) is 0 Å². The minimum absolute atomic E-state index is 0.0156. The molecule has 18 heavy (non-hydrogen) atoms. The van der Waals surface area contributed by atoms with Gasteiger partial charge in [-0.1, -0.05) is 20.3 Å². The van der Waals surface area contributed by atoms with Crippen LogP contribution < -0.4 is 11.1 Å². The van der Waals surface area contributed by atoms with Crippen LogP contribution in [0.4, 0.5) is 0 Å². The minimum atomic E-state index is -0.0328. The molecule has 1 rings (SSSR count). The van der Waals surface area contributed by atoms with Crippen molar-refractivity contribution in [1.82, 2.24) is 15.1 Å². The Morgan fingerprint density at radius 1 is 1.56 bits per heavy atom. The Morgan fingerprint density at radius 2 is 2.28 bits per heavy atom. The Kier molecular flexibility index (Phi) is 5.85. The molecule has 0 bridgehead atoms. The summed E-state index contributed by atoms with van der Waals surface area (Å²) in [5.74, 6) is 0.0156. The van der Waals surface area contributed by atoms with E-state index in [2.05, 4.69) is 24.3 Å². The summed E-state index contributed by atoms with van der Waals surface area (Å²) in [5.41, 5.74) is 7.96. The zero-order chi connectivity index (χ0) is 13.5. The second-order valence-electron chi connectivity index (χ2n) is 4.66. The van der Waals surface area contributed by atoms with Crippen molar-refractivity contribution in [2.75, 3.05) is 0 Å². The fraction of sp³-hybridized carbons (Fsp3) is 0.692. The quantitative estimate of drug-likeness (QED) is 0.763. The maximum absolute atomic E-state index is 11.7. The summed E-state index contributed by atoms with van der Waals surface area (Å²) in [5, 5.41) is 7.24. The van der Waals surface area contributed by atoms with Crippen molar-refractivity contribution in [3.05, 3.63) is 17.5 Å². The van der Waals surface area contributed by atoms with Gasteiger partial charge in [0, 0.05) is 37.8 Å². The van der Waals surface area contributed by atoms with E-state index in [0.717, 1.165) is 30.5 Å². The first-order valence-electron chi connectivity index (χ1n) is 6.60. The summed E-state index contributed by atoms with van der Waals surface area (Å²) in [6, 6.07) is -0.0328. The minimum Gasteiger partial charge on any atom is -0.352 e. The van der Waals surface area contributed by atoms with Gasteiger partial charge in [0.15, 0.2) is 0 Å². The summed E-state index contributed by atoms with van der Waals surface area (Å²) in [4.78, 5) is 11.7. The number of carbonyl (C=O) groups is 1. The summed E-state index contributed by atoms with van der Waals surface area (Å²) >= 11 is 0. The number of hydrogen-bond donors (Lipinski definition) is 2.